The number of rotatable bonds is 5. The molecule has 0 aromatic heterocycles. The van der Waals surface area contributed by atoms with E-state index < -0.39 is 0 Å². The molecule has 1 unspecified atom stereocenters. The van der Waals surface area contributed by atoms with Crippen molar-refractivity contribution in [1.82, 2.24) is 10.2 Å². The van der Waals surface area contributed by atoms with Crippen LogP contribution in [0.5, 0.6) is 0 Å². The van der Waals surface area contributed by atoms with Crippen molar-refractivity contribution in [3.05, 3.63) is 35.4 Å². The standard InChI is InChI=1S/C15H22N2O/c1-3-12(2)15(18)16-8-9-17-10-13-6-4-5-7-14(13)11-17/h4-7,12H,3,8-11H2,1-2H3,(H,16,18). The Morgan fingerprint density at radius 1 is 1.33 bits per heavy atom. The molecule has 3 nitrogen and oxygen atoms in total. The van der Waals surface area contributed by atoms with Gasteiger partial charge in [0.05, 0.1) is 0 Å². The Labute approximate surface area is 109 Å². The zero-order valence-electron chi connectivity index (χ0n) is 11.3. The molecule has 0 radical (unpaired) electrons. The SMILES string of the molecule is CCC(C)C(=O)NCCN1Cc2ccccc2C1. The number of carbonyl (C=O) groups is 1. The molecule has 0 fully saturated rings. The van der Waals surface area contributed by atoms with Gasteiger partial charge >= 0.3 is 0 Å². The topological polar surface area (TPSA) is 32.3 Å². The van der Waals surface area contributed by atoms with Crippen LogP contribution < -0.4 is 5.32 Å². The third-order valence-corrected chi connectivity index (χ3v) is 3.69. The van der Waals surface area contributed by atoms with Crippen molar-refractivity contribution in [1.29, 1.82) is 0 Å². The molecule has 1 amide bonds. The molecule has 0 spiro atoms. The Hall–Kier alpha value is -1.35. The molecule has 2 rings (SSSR count). The monoisotopic (exact) mass is 246 g/mol. The molecule has 1 aromatic carbocycles. The van der Waals surface area contributed by atoms with Crippen LogP contribution in [0.1, 0.15) is 31.4 Å². The summed E-state index contributed by atoms with van der Waals surface area (Å²) in [6.45, 7) is 7.71. The van der Waals surface area contributed by atoms with Gasteiger partial charge in [0.15, 0.2) is 0 Å². The maximum Gasteiger partial charge on any atom is 0.222 e. The van der Waals surface area contributed by atoms with E-state index in [1.807, 2.05) is 13.8 Å². The Bertz CT molecular complexity index is 392. The minimum atomic E-state index is 0.126. The van der Waals surface area contributed by atoms with Gasteiger partial charge in [0.1, 0.15) is 0 Å². The smallest absolute Gasteiger partial charge is 0.222 e. The first-order valence-corrected chi connectivity index (χ1v) is 6.77. The van der Waals surface area contributed by atoms with Crippen molar-refractivity contribution >= 4 is 5.91 Å². The summed E-state index contributed by atoms with van der Waals surface area (Å²) in [7, 11) is 0. The lowest BCUT2D eigenvalue weighted by atomic mass is 10.1. The van der Waals surface area contributed by atoms with Crippen molar-refractivity contribution in [3.63, 3.8) is 0 Å². The Morgan fingerprint density at radius 3 is 2.50 bits per heavy atom. The first-order chi connectivity index (χ1) is 8.70. The van der Waals surface area contributed by atoms with Crippen LogP contribution in [0.4, 0.5) is 0 Å². The third-order valence-electron chi connectivity index (χ3n) is 3.69. The summed E-state index contributed by atoms with van der Waals surface area (Å²) >= 11 is 0. The van der Waals surface area contributed by atoms with Gasteiger partial charge in [-0.05, 0) is 17.5 Å². The lowest BCUT2D eigenvalue weighted by Crippen LogP contribution is -2.35. The molecule has 18 heavy (non-hydrogen) atoms. The Morgan fingerprint density at radius 2 is 1.94 bits per heavy atom. The molecule has 0 saturated heterocycles. The first-order valence-electron chi connectivity index (χ1n) is 6.77. The van der Waals surface area contributed by atoms with Crippen LogP contribution in [0.2, 0.25) is 0 Å². The van der Waals surface area contributed by atoms with E-state index >= 15 is 0 Å². The quantitative estimate of drug-likeness (QED) is 0.863. The van der Waals surface area contributed by atoms with Crippen LogP contribution in [0, 0.1) is 5.92 Å². The fraction of sp³-hybridized carbons (Fsp3) is 0.533. The summed E-state index contributed by atoms with van der Waals surface area (Å²) in [4.78, 5) is 14.0. The van der Waals surface area contributed by atoms with Crippen LogP contribution in [-0.2, 0) is 17.9 Å². The van der Waals surface area contributed by atoms with Crippen LogP contribution in [0.3, 0.4) is 0 Å². The van der Waals surface area contributed by atoms with Gasteiger partial charge < -0.3 is 5.32 Å². The first kappa shape index (κ1) is 13.1. The fourth-order valence-electron chi connectivity index (χ4n) is 2.26. The molecular weight excluding hydrogens is 224 g/mol. The average molecular weight is 246 g/mol. The van der Waals surface area contributed by atoms with E-state index in [2.05, 4.69) is 34.5 Å². The molecule has 1 aromatic rings. The third kappa shape index (κ3) is 3.10. The van der Waals surface area contributed by atoms with Crippen LogP contribution >= 0.6 is 0 Å². The van der Waals surface area contributed by atoms with Gasteiger partial charge in [-0.3, -0.25) is 9.69 Å². The number of nitrogens with one attached hydrogen (secondary N) is 1. The molecule has 0 saturated carbocycles. The molecule has 1 heterocycles. The number of benzene rings is 1. The van der Waals surface area contributed by atoms with Gasteiger partial charge in [-0.1, -0.05) is 38.1 Å². The van der Waals surface area contributed by atoms with Crippen LogP contribution in [0.15, 0.2) is 24.3 Å². The highest BCUT2D eigenvalue weighted by molar-refractivity contribution is 5.78. The highest BCUT2D eigenvalue weighted by Crippen LogP contribution is 2.21. The number of carbonyl (C=O) groups excluding carboxylic acids is 1. The number of nitrogens with zero attached hydrogens (tertiary/aromatic N) is 1. The van der Waals surface area contributed by atoms with Crippen LogP contribution in [-0.4, -0.2) is 23.9 Å². The number of hydrogen-bond donors (Lipinski definition) is 1. The fourth-order valence-corrected chi connectivity index (χ4v) is 2.26. The highest BCUT2D eigenvalue weighted by atomic mass is 16.1. The Balaban J connectivity index is 1.73. The van der Waals surface area contributed by atoms with Gasteiger partial charge in [0, 0.05) is 32.1 Å². The molecule has 0 aliphatic carbocycles. The van der Waals surface area contributed by atoms with E-state index in [-0.39, 0.29) is 11.8 Å². The second kappa shape index (κ2) is 6.01. The van der Waals surface area contributed by atoms with Gasteiger partial charge in [0.25, 0.3) is 0 Å². The maximum atomic E-state index is 11.6. The molecule has 1 atom stereocenters. The lowest BCUT2D eigenvalue weighted by Gasteiger charge is -2.16. The summed E-state index contributed by atoms with van der Waals surface area (Å²) in [6, 6.07) is 8.56. The average Bonchev–Trinajstić information content (AvgIpc) is 2.80. The molecule has 1 aliphatic rings. The van der Waals surface area contributed by atoms with E-state index in [1.54, 1.807) is 0 Å². The summed E-state index contributed by atoms with van der Waals surface area (Å²) in [5.74, 6) is 0.301. The maximum absolute atomic E-state index is 11.6. The molecule has 0 bridgehead atoms. The Kier molecular flexibility index (Phi) is 4.37. The van der Waals surface area contributed by atoms with Crippen molar-refractivity contribution in [2.45, 2.75) is 33.4 Å². The normalized spacial score (nSPS) is 16.3. The minimum Gasteiger partial charge on any atom is -0.355 e. The van der Waals surface area contributed by atoms with E-state index in [0.29, 0.717) is 0 Å². The lowest BCUT2D eigenvalue weighted by molar-refractivity contribution is -0.124. The van der Waals surface area contributed by atoms with Gasteiger partial charge in [-0.2, -0.15) is 0 Å². The number of amides is 1. The second-order valence-electron chi connectivity index (χ2n) is 5.08. The van der Waals surface area contributed by atoms with Crippen LogP contribution in [0.25, 0.3) is 0 Å². The van der Waals surface area contributed by atoms with Gasteiger partial charge in [-0.15, -0.1) is 0 Å². The predicted molar refractivity (Wildman–Crippen MR) is 73.0 cm³/mol. The number of hydrogen-bond acceptors (Lipinski definition) is 2. The van der Waals surface area contributed by atoms with Crippen molar-refractivity contribution in [2.75, 3.05) is 13.1 Å². The highest BCUT2D eigenvalue weighted by Gasteiger charge is 2.18. The minimum absolute atomic E-state index is 0.126. The van der Waals surface area contributed by atoms with E-state index in [0.717, 1.165) is 32.6 Å². The van der Waals surface area contributed by atoms with Crippen molar-refractivity contribution in [3.8, 4) is 0 Å². The number of fused-ring (bicyclic) bond motifs is 1. The molecular formula is C15H22N2O. The molecule has 98 valence electrons. The van der Waals surface area contributed by atoms with Gasteiger partial charge in [0.2, 0.25) is 5.91 Å². The van der Waals surface area contributed by atoms with Crippen molar-refractivity contribution in [2.24, 2.45) is 5.92 Å². The molecule has 1 aliphatic heterocycles. The summed E-state index contributed by atoms with van der Waals surface area (Å²) < 4.78 is 0. The zero-order valence-corrected chi connectivity index (χ0v) is 11.3. The largest absolute Gasteiger partial charge is 0.355 e. The molecule has 3 heteroatoms. The van der Waals surface area contributed by atoms with Gasteiger partial charge in [-0.25, -0.2) is 0 Å². The summed E-state index contributed by atoms with van der Waals surface area (Å²) in [6.07, 6.45) is 0.904. The predicted octanol–water partition coefficient (Wildman–Crippen LogP) is 2.16. The zero-order chi connectivity index (χ0) is 13.0. The summed E-state index contributed by atoms with van der Waals surface area (Å²) in [5.41, 5.74) is 2.84. The molecule has 1 N–H and O–H groups in total. The second-order valence-corrected chi connectivity index (χ2v) is 5.08. The van der Waals surface area contributed by atoms with E-state index in [9.17, 15) is 4.79 Å². The summed E-state index contributed by atoms with van der Waals surface area (Å²) in [5, 5.41) is 3.01. The van der Waals surface area contributed by atoms with E-state index in [1.165, 1.54) is 11.1 Å². The van der Waals surface area contributed by atoms with E-state index in [4.69, 9.17) is 0 Å². The van der Waals surface area contributed by atoms with Crippen molar-refractivity contribution < 1.29 is 4.79 Å².